The number of nitrogens with one attached hydrogen (secondary N) is 1. The minimum absolute atomic E-state index is 0.0240. The van der Waals surface area contributed by atoms with E-state index in [4.69, 9.17) is 16.7 Å². The summed E-state index contributed by atoms with van der Waals surface area (Å²) in [6.07, 6.45) is 0. The first kappa shape index (κ1) is 20.1. The third-order valence-corrected chi connectivity index (χ3v) is 6.98. The molecule has 0 saturated heterocycles. The Bertz CT molecular complexity index is 1070. The SMILES string of the molecule is CCS(=O)(=O)c1ccc(NS(=O)(=O)c2cc(C(=O)O)c(F)cc2Cl)cc1. The van der Waals surface area contributed by atoms with Crippen LogP contribution in [0.1, 0.15) is 17.3 Å². The van der Waals surface area contributed by atoms with Gasteiger partial charge in [-0.25, -0.2) is 26.0 Å². The van der Waals surface area contributed by atoms with Crippen molar-refractivity contribution in [1.82, 2.24) is 0 Å². The zero-order valence-corrected chi connectivity index (χ0v) is 15.6. The number of carboxylic acid groups (broad SMARTS) is 1. The molecule has 0 amide bonds. The van der Waals surface area contributed by atoms with Crippen LogP contribution in [0.15, 0.2) is 46.2 Å². The van der Waals surface area contributed by atoms with Gasteiger partial charge in [-0.3, -0.25) is 4.72 Å². The summed E-state index contributed by atoms with van der Waals surface area (Å²) in [6, 6.07) is 6.12. The van der Waals surface area contributed by atoms with Gasteiger partial charge < -0.3 is 5.11 Å². The summed E-state index contributed by atoms with van der Waals surface area (Å²) in [4.78, 5) is 10.4. The molecule has 7 nitrogen and oxygen atoms in total. The quantitative estimate of drug-likeness (QED) is 0.740. The van der Waals surface area contributed by atoms with E-state index in [1.807, 2.05) is 0 Å². The van der Waals surface area contributed by atoms with Crippen LogP contribution in [0.5, 0.6) is 0 Å². The Kier molecular flexibility index (Phi) is 5.59. The van der Waals surface area contributed by atoms with Crippen LogP contribution in [0.2, 0.25) is 5.02 Å². The summed E-state index contributed by atoms with van der Waals surface area (Å²) in [5.41, 5.74) is -0.823. The predicted octanol–water partition coefficient (Wildman–Crippen LogP) is 2.77. The molecular formula is C15H13ClFNO6S2. The number of aromatic carboxylic acids is 1. The Morgan fingerprint density at radius 2 is 1.73 bits per heavy atom. The summed E-state index contributed by atoms with van der Waals surface area (Å²) < 4.78 is 64.0. The van der Waals surface area contributed by atoms with Gasteiger partial charge in [0.05, 0.1) is 21.2 Å². The Hall–Kier alpha value is -2.17. The van der Waals surface area contributed by atoms with Crippen LogP contribution in [-0.4, -0.2) is 33.7 Å². The van der Waals surface area contributed by atoms with Crippen molar-refractivity contribution in [2.24, 2.45) is 0 Å². The number of carbonyl (C=O) groups is 1. The Morgan fingerprint density at radius 3 is 2.23 bits per heavy atom. The third kappa shape index (κ3) is 4.14. The molecule has 2 aromatic carbocycles. The summed E-state index contributed by atoms with van der Waals surface area (Å²) in [6.45, 7) is 1.47. The van der Waals surface area contributed by atoms with E-state index < -0.39 is 47.1 Å². The topological polar surface area (TPSA) is 118 Å². The van der Waals surface area contributed by atoms with E-state index in [2.05, 4.69) is 4.72 Å². The van der Waals surface area contributed by atoms with Gasteiger partial charge in [-0.15, -0.1) is 0 Å². The number of hydrogen-bond donors (Lipinski definition) is 2. The van der Waals surface area contributed by atoms with Gasteiger partial charge in [0.1, 0.15) is 10.7 Å². The van der Waals surface area contributed by atoms with Gasteiger partial charge in [0.15, 0.2) is 9.84 Å². The molecule has 0 heterocycles. The lowest BCUT2D eigenvalue weighted by Gasteiger charge is -2.11. The molecule has 0 aliphatic heterocycles. The van der Waals surface area contributed by atoms with Crippen molar-refractivity contribution in [3.8, 4) is 0 Å². The van der Waals surface area contributed by atoms with Crippen molar-refractivity contribution in [3.63, 3.8) is 0 Å². The number of benzene rings is 2. The second kappa shape index (κ2) is 7.22. The van der Waals surface area contributed by atoms with Gasteiger partial charge in [-0.2, -0.15) is 0 Å². The second-order valence-corrected chi connectivity index (χ2v) is 9.44. The lowest BCUT2D eigenvalue weighted by Crippen LogP contribution is -2.15. The monoisotopic (exact) mass is 421 g/mol. The minimum Gasteiger partial charge on any atom is -0.478 e. The maximum absolute atomic E-state index is 13.5. The lowest BCUT2D eigenvalue weighted by atomic mass is 10.2. The van der Waals surface area contributed by atoms with Crippen LogP contribution >= 0.6 is 11.6 Å². The van der Waals surface area contributed by atoms with Gasteiger partial charge in [-0.1, -0.05) is 18.5 Å². The number of anilines is 1. The van der Waals surface area contributed by atoms with E-state index in [1.54, 1.807) is 0 Å². The molecule has 0 fully saturated rings. The van der Waals surface area contributed by atoms with Crippen molar-refractivity contribution in [3.05, 3.63) is 52.8 Å². The predicted molar refractivity (Wildman–Crippen MR) is 93.3 cm³/mol. The highest BCUT2D eigenvalue weighted by Gasteiger charge is 2.23. The molecule has 0 aliphatic rings. The van der Waals surface area contributed by atoms with Crippen LogP contribution in [0.3, 0.4) is 0 Å². The molecule has 0 aromatic heterocycles. The van der Waals surface area contributed by atoms with E-state index in [9.17, 15) is 26.0 Å². The normalized spacial score (nSPS) is 12.0. The molecule has 0 aliphatic carbocycles. The number of rotatable bonds is 6. The van der Waals surface area contributed by atoms with E-state index in [0.29, 0.717) is 12.1 Å². The third-order valence-electron chi connectivity index (χ3n) is 3.39. The lowest BCUT2D eigenvalue weighted by molar-refractivity contribution is 0.0691. The van der Waals surface area contributed by atoms with E-state index in [1.165, 1.54) is 31.2 Å². The van der Waals surface area contributed by atoms with Crippen molar-refractivity contribution >= 4 is 43.1 Å². The average Bonchev–Trinajstić information content (AvgIpc) is 2.54. The number of halogens is 2. The fourth-order valence-electron chi connectivity index (χ4n) is 2.01. The molecule has 0 spiro atoms. The first-order chi connectivity index (χ1) is 12.0. The van der Waals surface area contributed by atoms with Gasteiger partial charge in [0.25, 0.3) is 10.0 Å². The maximum Gasteiger partial charge on any atom is 0.338 e. The number of sulfonamides is 1. The largest absolute Gasteiger partial charge is 0.478 e. The molecule has 0 unspecified atom stereocenters. The fraction of sp³-hybridized carbons (Fsp3) is 0.133. The van der Waals surface area contributed by atoms with E-state index >= 15 is 0 Å². The van der Waals surface area contributed by atoms with Gasteiger partial charge in [0.2, 0.25) is 0 Å². The number of hydrogen-bond acceptors (Lipinski definition) is 5. The summed E-state index contributed by atoms with van der Waals surface area (Å²) in [5, 5.41) is 8.42. The van der Waals surface area contributed by atoms with Crippen LogP contribution in [0.25, 0.3) is 0 Å². The molecule has 2 rings (SSSR count). The van der Waals surface area contributed by atoms with Crippen molar-refractivity contribution in [1.29, 1.82) is 0 Å². The highest BCUT2D eigenvalue weighted by molar-refractivity contribution is 7.93. The average molecular weight is 422 g/mol. The van der Waals surface area contributed by atoms with Crippen molar-refractivity contribution in [2.75, 3.05) is 10.5 Å². The molecule has 2 N–H and O–H groups in total. The smallest absolute Gasteiger partial charge is 0.338 e. The minimum atomic E-state index is -4.33. The maximum atomic E-state index is 13.5. The summed E-state index contributed by atoms with van der Waals surface area (Å²) >= 11 is 5.73. The molecular weight excluding hydrogens is 409 g/mol. The van der Waals surface area contributed by atoms with Crippen molar-refractivity contribution in [2.45, 2.75) is 16.7 Å². The van der Waals surface area contributed by atoms with Crippen LogP contribution in [-0.2, 0) is 19.9 Å². The Labute approximate surface area is 154 Å². The summed E-state index contributed by atoms with van der Waals surface area (Å²) in [5.74, 6) is -2.93. The number of carboxylic acids is 1. The van der Waals surface area contributed by atoms with E-state index in [-0.39, 0.29) is 16.3 Å². The molecule has 0 bridgehead atoms. The zero-order valence-electron chi connectivity index (χ0n) is 13.2. The van der Waals surface area contributed by atoms with Crippen LogP contribution in [0.4, 0.5) is 10.1 Å². The van der Waals surface area contributed by atoms with Crippen LogP contribution < -0.4 is 4.72 Å². The fourth-order valence-corrected chi connectivity index (χ4v) is 4.49. The van der Waals surface area contributed by atoms with Gasteiger partial charge in [0, 0.05) is 5.69 Å². The first-order valence-corrected chi connectivity index (χ1v) is 10.6. The highest BCUT2D eigenvalue weighted by atomic mass is 35.5. The molecule has 0 radical (unpaired) electrons. The Morgan fingerprint density at radius 1 is 1.15 bits per heavy atom. The number of sulfone groups is 1. The molecule has 2 aromatic rings. The molecule has 26 heavy (non-hydrogen) atoms. The first-order valence-electron chi connectivity index (χ1n) is 7.06. The van der Waals surface area contributed by atoms with Gasteiger partial charge >= 0.3 is 5.97 Å². The van der Waals surface area contributed by atoms with E-state index in [0.717, 1.165) is 0 Å². The van der Waals surface area contributed by atoms with Crippen LogP contribution in [0, 0.1) is 5.82 Å². The van der Waals surface area contributed by atoms with Crippen molar-refractivity contribution < 1.29 is 31.1 Å². The molecule has 11 heteroatoms. The highest BCUT2D eigenvalue weighted by Crippen LogP contribution is 2.27. The summed E-state index contributed by atoms with van der Waals surface area (Å²) in [7, 11) is -7.77. The second-order valence-electron chi connectivity index (χ2n) is 5.10. The standard InChI is InChI=1S/C15H13ClFNO6S2/c1-2-25(21,22)10-5-3-9(4-6-10)18-26(23,24)14-7-11(15(19)20)13(17)8-12(14)16/h3-8,18H,2H2,1H3,(H,19,20). The molecule has 0 atom stereocenters. The molecule has 140 valence electrons. The molecule has 0 saturated carbocycles. The Balaban J connectivity index is 2.41. The van der Waals surface area contributed by atoms with Gasteiger partial charge in [-0.05, 0) is 36.4 Å². The zero-order chi connectivity index (χ0) is 19.7.